The SMILES string of the molecule is CC1CC(=O)N(CCOc2ccc(N)cc2)C(=O)C1. The Kier molecular flexibility index (Phi) is 4.04. The molecule has 0 atom stereocenters. The van der Waals surface area contributed by atoms with Gasteiger partial charge in [-0.05, 0) is 30.2 Å². The molecule has 0 aromatic heterocycles. The van der Waals surface area contributed by atoms with E-state index in [9.17, 15) is 9.59 Å². The highest BCUT2D eigenvalue weighted by Gasteiger charge is 2.29. The summed E-state index contributed by atoms with van der Waals surface area (Å²) in [7, 11) is 0. The third-order valence-corrected chi connectivity index (χ3v) is 3.11. The van der Waals surface area contributed by atoms with Crippen LogP contribution in [0, 0.1) is 5.92 Å². The van der Waals surface area contributed by atoms with E-state index in [2.05, 4.69) is 0 Å². The maximum atomic E-state index is 11.7. The van der Waals surface area contributed by atoms with Gasteiger partial charge in [0.25, 0.3) is 0 Å². The Morgan fingerprint density at radius 1 is 1.21 bits per heavy atom. The third-order valence-electron chi connectivity index (χ3n) is 3.11. The Morgan fingerprint density at radius 2 is 1.79 bits per heavy atom. The van der Waals surface area contributed by atoms with Crippen molar-refractivity contribution in [2.75, 3.05) is 18.9 Å². The van der Waals surface area contributed by atoms with E-state index < -0.39 is 0 Å². The summed E-state index contributed by atoms with van der Waals surface area (Å²) in [5.41, 5.74) is 6.24. The summed E-state index contributed by atoms with van der Waals surface area (Å²) in [6.07, 6.45) is 0.876. The van der Waals surface area contributed by atoms with Crippen LogP contribution in [0.2, 0.25) is 0 Å². The number of hydrogen-bond donors (Lipinski definition) is 1. The normalized spacial score (nSPS) is 16.8. The fourth-order valence-corrected chi connectivity index (χ4v) is 2.10. The van der Waals surface area contributed by atoms with Crippen molar-refractivity contribution in [2.24, 2.45) is 5.92 Å². The number of carbonyl (C=O) groups is 2. The highest BCUT2D eigenvalue weighted by molar-refractivity contribution is 5.97. The first-order chi connectivity index (χ1) is 9.06. The maximum Gasteiger partial charge on any atom is 0.229 e. The summed E-state index contributed by atoms with van der Waals surface area (Å²) >= 11 is 0. The number of anilines is 1. The molecule has 102 valence electrons. The lowest BCUT2D eigenvalue weighted by Gasteiger charge is -2.28. The van der Waals surface area contributed by atoms with Gasteiger partial charge in [0.1, 0.15) is 12.4 Å². The van der Waals surface area contributed by atoms with Gasteiger partial charge in [0.05, 0.1) is 6.54 Å². The molecule has 0 unspecified atom stereocenters. The van der Waals surface area contributed by atoms with Crippen molar-refractivity contribution in [3.05, 3.63) is 24.3 Å². The molecule has 1 aromatic carbocycles. The van der Waals surface area contributed by atoms with E-state index in [1.54, 1.807) is 24.3 Å². The second-order valence-electron chi connectivity index (χ2n) is 4.87. The van der Waals surface area contributed by atoms with Crippen molar-refractivity contribution in [3.63, 3.8) is 0 Å². The van der Waals surface area contributed by atoms with Gasteiger partial charge in [0, 0.05) is 18.5 Å². The second kappa shape index (κ2) is 5.73. The van der Waals surface area contributed by atoms with Gasteiger partial charge in [-0.2, -0.15) is 0 Å². The van der Waals surface area contributed by atoms with Crippen LogP contribution in [0.1, 0.15) is 19.8 Å². The first kappa shape index (κ1) is 13.4. The van der Waals surface area contributed by atoms with Gasteiger partial charge in [-0.3, -0.25) is 14.5 Å². The highest BCUT2D eigenvalue weighted by atomic mass is 16.5. The van der Waals surface area contributed by atoms with Crippen LogP contribution < -0.4 is 10.5 Å². The van der Waals surface area contributed by atoms with E-state index >= 15 is 0 Å². The fourth-order valence-electron chi connectivity index (χ4n) is 2.10. The lowest BCUT2D eigenvalue weighted by Crippen LogP contribution is -2.44. The Labute approximate surface area is 112 Å². The van der Waals surface area contributed by atoms with Crippen molar-refractivity contribution in [2.45, 2.75) is 19.8 Å². The number of carbonyl (C=O) groups excluding carboxylic acids is 2. The molecular formula is C14H18N2O3. The molecule has 1 aliphatic heterocycles. The zero-order chi connectivity index (χ0) is 13.8. The number of hydrogen-bond acceptors (Lipinski definition) is 4. The van der Waals surface area contributed by atoms with Crippen LogP contribution in [0.5, 0.6) is 5.75 Å². The standard InChI is InChI=1S/C14H18N2O3/c1-10-8-13(17)16(14(18)9-10)6-7-19-12-4-2-11(15)3-5-12/h2-5,10H,6-9,15H2,1H3. The molecule has 1 heterocycles. The topological polar surface area (TPSA) is 72.6 Å². The summed E-state index contributed by atoms with van der Waals surface area (Å²) in [5.74, 6) is 0.614. The van der Waals surface area contributed by atoms with E-state index in [-0.39, 0.29) is 17.7 Å². The molecule has 1 aliphatic rings. The monoisotopic (exact) mass is 262 g/mol. The molecule has 0 radical (unpaired) electrons. The maximum absolute atomic E-state index is 11.7. The quantitative estimate of drug-likeness (QED) is 0.658. The van der Waals surface area contributed by atoms with E-state index in [1.165, 1.54) is 4.90 Å². The Bertz CT molecular complexity index is 452. The minimum Gasteiger partial charge on any atom is -0.492 e. The molecule has 5 nitrogen and oxygen atoms in total. The van der Waals surface area contributed by atoms with Gasteiger partial charge in [-0.1, -0.05) is 6.92 Å². The second-order valence-corrected chi connectivity index (χ2v) is 4.87. The van der Waals surface area contributed by atoms with Crippen LogP contribution >= 0.6 is 0 Å². The smallest absolute Gasteiger partial charge is 0.229 e. The Morgan fingerprint density at radius 3 is 2.37 bits per heavy atom. The van der Waals surface area contributed by atoms with Gasteiger partial charge >= 0.3 is 0 Å². The first-order valence-electron chi connectivity index (χ1n) is 6.38. The van der Waals surface area contributed by atoms with Crippen molar-refractivity contribution in [1.82, 2.24) is 4.90 Å². The number of amides is 2. The van der Waals surface area contributed by atoms with Crippen LogP contribution in [0.3, 0.4) is 0 Å². The van der Waals surface area contributed by atoms with Crippen molar-refractivity contribution < 1.29 is 14.3 Å². The number of ether oxygens (including phenoxy) is 1. The number of nitrogen functional groups attached to an aromatic ring is 1. The van der Waals surface area contributed by atoms with E-state index in [0.717, 1.165) is 0 Å². The zero-order valence-corrected chi connectivity index (χ0v) is 11.0. The summed E-state index contributed by atoms with van der Waals surface area (Å²) in [6.45, 7) is 2.52. The number of nitrogens with two attached hydrogens (primary N) is 1. The van der Waals surface area contributed by atoms with Crippen LogP contribution in [-0.2, 0) is 9.59 Å². The van der Waals surface area contributed by atoms with Crippen molar-refractivity contribution in [3.8, 4) is 5.75 Å². The average molecular weight is 262 g/mol. The average Bonchev–Trinajstić information content (AvgIpc) is 2.34. The van der Waals surface area contributed by atoms with Gasteiger partial charge < -0.3 is 10.5 Å². The molecule has 1 aromatic rings. The highest BCUT2D eigenvalue weighted by Crippen LogP contribution is 2.19. The fraction of sp³-hybridized carbons (Fsp3) is 0.429. The molecule has 2 rings (SSSR count). The summed E-state index contributed by atoms with van der Waals surface area (Å²) in [4.78, 5) is 24.8. The molecular weight excluding hydrogens is 244 g/mol. The molecule has 19 heavy (non-hydrogen) atoms. The minimum atomic E-state index is -0.107. The minimum absolute atomic E-state index is 0.107. The number of imide groups is 1. The number of rotatable bonds is 4. The van der Waals surface area contributed by atoms with Gasteiger partial charge in [0.2, 0.25) is 11.8 Å². The van der Waals surface area contributed by atoms with Crippen LogP contribution in [0.15, 0.2) is 24.3 Å². The van der Waals surface area contributed by atoms with Crippen LogP contribution in [-0.4, -0.2) is 29.9 Å². The Hall–Kier alpha value is -2.04. The largest absolute Gasteiger partial charge is 0.492 e. The molecule has 0 saturated carbocycles. The first-order valence-corrected chi connectivity index (χ1v) is 6.38. The van der Waals surface area contributed by atoms with E-state index in [0.29, 0.717) is 37.4 Å². The molecule has 2 amide bonds. The third kappa shape index (κ3) is 3.47. The Balaban J connectivity index is 1.83. The van der Waals surface area contributed by atoms with Crippen LogP contribution in [0.4, 0.5) is 5.69 Å². The number of piperidine rings is 1. The molecule has 2 N–H and O–H groups in total. The van der Waals surface area contributed by atoms with Gasteiger partial charge in [0.15, 0.2) is 0 Å². The van der Waals surface area contributed by atoms with Gasteiger partial charge in [-0.25, -0.2) is 0 Å². The van der Waals surface area contributed by atoms with Gasteiger partial charge in [-0.15, -0.1) is 0 Å². The molecule has 0 aliphatic carbocycles. The number of benzene rings is 1. The molecule has 0 bridgehead atoms. The molecule has 0 spiro atoms. The predicted molar refractivity (Wildman–Crippen MR) is 71.5 cm³/mol. The van der Waals surface area contributed by atoms with Crippen LogP contribution in [0.25, 0.3) is 0 Å². The number of likely N-dealkylation sites (tertiary alicyclic amines) is 1. The molecule has 5 heteroatoms. The van der Waals surface area contributed by atoms with Crippen molar-refractivity contribution >= 4 is 17.5 Å². The molecule has 1 fully saturated rings. The summed E-state index contributed by atoms with van der Waals surface area (Å²) < 4.78 is 5.49. The van der Waals surface area contributed by atoms with E-state index in [4.69, 9.17) is 10.5 Å². The molecule has 1 saturated heterocycles. The van der Waals surface area contributed by atoms with E-state index in [1.807, 2.05) is 6.92 Å². The predicted octanol–water partition coefficient (Wildman–Crippen LogP) is 1.43. The van der Waals surface area contributed by atoms with Crippen molar-refractivity contribution in [1.29, 1.82) is 0 Å². The summed E-state index contributed by atoms with van der Waals surface area (Å²) in [6, 6.07) is 7.01. The number of nitrogens with zero attached hydrogens (tertiary/aromatic N) is 1. The lowest BCUT2D eigenvalue weighted by atomic mass is 9.98. The summed E-state index contributed by atoms with van der Waals surface area (Å²) in [5, 5.41) is 0. The zero-order valence-electron chi connectivity index (χ0n) is 11.0. The lowest BCUT2D eigenvalue weighted by molar-refractivity contribution is -0.150.